The number of benzene rings is 2. The molecule has 2 heterocycles. The highest BCUT2D eigenvalue weighted by Gasteiger charge is 2.35. The first-order chi connectivity index (χ1) is 9.83. The Hall–Kier alpha value is -2.75. The summed E-state index contributed by atoms with van der Waals surface area (Å²) in [5.41, 5.74) is 3.30. The lowest BCUT2D eigenvalue weighted by Crippen LogP contribution is -2.01. The van der Waals surface area contributed by atoms with Crippen LogP contribution in [0, 0.1) is 0 Å². The summed E-state index contributed by atoms with van der Waals surface area (Å²) >= 11 is 0. The van der Waals surface area contributed by atoms with Crippen molar-refractivity contribution in [2.75, 3.05) is 0 Å². The second-order valence-corrected chi connectivity index (χ2v) is 4.64. The molecule has 0 radical (unpaired) electrons. The van der Waals surface area contributed by atoms with Crippen LogP contribution in [0.4, 0.5) is 0 Å². The highest BCUT2D eigenvalue weighted by atomic mass is 16.5. The minimum Gasteiger partial charge on any atom is -0.446 e. The molecule has 1 atom stereocenters. The molecular formula is C16H10N2O2. The molecule has 0 amide bonds. The lowest BCUT2D eigenvalue weighted by atomic mass is 10.1. The Labute approximate surface area is 115 Å². The van der Waals surface area contributed by atoms with Crippen molar-refractivity contribution in [3.8, 4) is 0 Å². The zero-order valence-corrected chi connectivity index (χ0v) is 10.5. The van der Waals surface area contributed by atoms with Crippen LogP contribution in [0.5, 0.6) is 0 Å². The number of fused-ring (bicyclic) bond motifs is 2. The lowest BCUT2D eigenvalue weighted by molar-refractivity contribution is 0.0449. The van der Waals surface area contributed by atoms with Gasteiger partial charge in [-0.15, -0.1) is 0 Å². The van der Waals surface area contributed by atoms with Crippen molar-refractivity contribution in [1.29, 1.82) is 0 Å². The second-order valence-electron chi connectivity index (χ2n) is 4.64. The summed E-state index contributed by atoms with van der Waals surface area (Å²) < 4.78 is 5.43. The van der Waals surface area contributed by atoms with Crippen LogP contribution >= 0.6 is 0 Å². The zero-order chi connectivity index (χ0) is 13.5. The molecule has 4 heteroatoms. The molecule has 0 aliphatic carbocycles. The molecule has 3 aromatic rings. The van der Waals surface area contributed by atoms with Gasteiger partial charge in [0, 0.05) is 0 Å². The van der Waals surface area contributed by atoms with Crippen molar-refractivity contribution in [3.05, 3.63) is 71.5 Å². The van der Waals surface area contributed by atoms with Crippen LogP contribution < -0.4 is 0 Å². The number of para-hydroxylation sites is 2. The third-order valence-corrected chi connectivity index (χ3v) is 3.37. The fourth-order valence-corrected chi connectivity index (χ4v) is 2.42. The van der Waals surface area contributed by atoms with Gasteiger partial charge in [0.1, 0.15) is 5.69 Å². The molecule has 4 nitrogen and oxygen atoms in total. The standard InChI is InChI=1S/C16H10N2O2/c19-16-14-13(15(20-16)10-6-2-1-3-7-10)17-11-8-4-5-9-12(11)18-14/h1-9,15H. The number of carbonyl (C=O) groups excluding carboxylic acids is 1. The topological polar surface area (TPSA) is 52.1 Å². The molecule has 1 unspecified atom stereocenters. The van der Waals surface area contributed by atoms with E-state index in [0.717, 1.165) is 11.1 Å². The summed E-state index contributed by atoms with van der Waals surface area (Å²) in [6, 6.07) is 17.1. The van der Waals surface area contributed by atoms with Crippen molar-refractivity contribution in [3.63, 3.8) is 0 Å². The van der Waals surface area contributed by atoms with E-state index in [2.05, 4.69) is 9.97 Å². The largest absolute Gasteiger partial charge is 0.446 e. The molecule has 20 heavy (non-hydrogen) atoms. The number of carbonyl (C=O) groups is 1. The Morgan fingerprint density at radius 3 is 2.25 bits per heavy atom. The number of hydrogen-bond donors (Lipinski definition) is 0. The van der Waals surface area contributed by atoms with Gasteiger partial charge in [-0.2, -0.15) is 0 Å². The van der Waals surface area contributed by atoms with Gasteiger partial charge < -0.3 is 4.74 Å². The predicted octanol–water partition coefficient (Wildman–Crippen LogP) is 2.89. The first kappa shape index (κ1) is 11.1. The first-order valence-corrected chi connectivity index (χ1v) is 6.35. The van der Waals surface area contributed by atoms with Gasteiger partial charge in [-0.3, -0.25) is 0 Å². The maximum atomic E-state index is 12.0. The molecule has 0 bridgehead atoms. The van der Waals surface area contributed by atoms with Gasteiger partial charge in [0.25, 0.3) is 0 Å². The Bertz CT molecular complexity index is 815. The molecule has 1 aromatic heterocycles. The molecule has 4 rings (SSSR count). The quantitative estimate of drug-likeness (QED) is 0.633. The van der Waals surface area contributed by atoms with E-state index in [1.54, 1.807) is 0 Å². The molecule has 1 aliphatic rings. The summed E-state index contributed by atoms with van der Waals surface area (Å²) in [6.45, 7) is 0. The van der Waals surface area contributed by atoms with Crippen molar-refractivity contribution in [2.45, 2.75) is 6.10 Å². The van der Waals surface area contributed by atoms with E-state index in [9.17, 15) is 4.79 Å². The van der Waals surface area contributed by atoms with Crippen molar-refractivity contribution < 1.29 is 9.53 Å². The van der Waals surface area contributed by atoms with Crippen molar-refractivity contribution in [2.24, 2.45) is 0 Å². The molecule has 0 spiro atoms. The zero-order valence-electron chi connectivity index (χ0n) is 10.5. The third kappa shape index (κ3) is 1.58. The van der Waals surface area contributed by atoms with Gasteiger partial charge in [0.15, 0.2) is 11.8 Å². The summed E-state index contributed by atoms with van der Waals surface area (Å²) in [5, 5.41) is 0. The summed E-state index contributed by atoms with van der Waals surface area (Å²) in [4.78, 5) is 20.9. The van der Waals surface area contributed by atoms with E-state index in [1.165, 1.54) is 0 Å². The number of rotatable bonds is 1. The second kappa shape index (κ2) is 4.13. The average molecular weight is 262 g/mol. The molecular weight excluding hydrogens is 252 g/mol. The van der Waals surface area contributed by atoms with Gasteiger partial charge in [-0.05, 0) is 17.7 Å². The van der Waals surface area contributed by atoms with Gasteiger partial charge >= 0.3 is 5.97 Å². The number of cyclic esters (lactones) is 1. The van der Waals surface area contributed by atoms with Crippen molar-refractivity contribution in [1.82, 2.24) is 9.97 Å². The fourth-order valence-electron chi connectivity index (χ4n) is 2.42. The monoisotopic (exact) mass is 262 g/mol. The number of ether oxygens (including phenoxy) is 1. The fraction of sp³-hybridized carbons (Fsp3) is 0.0625. The molecule has 0 N–H and O–H groups in total. The van der Waals surface area contributed by atoms with Gasteiger partial charge in [0.05, 0.1) is 11.0 Å². The minimum atomic E-state index is -0.462. The Morgan fingerprint density at radius 1 is 0.850 bits per heavy atom. The van der Waals surface area contributed by atoms with E-state index in [1.807, 2.05) is 54.6 Å². The SMILES string of the molecule is O=C1OC(c2ccccc2)c2nc3ccccc3nc21. The van der Waals surface area contributed by atoms with Crippen LogP contribution in [0.1, 0.15) is 27.8 Å². The van der Waals surface area contributed by atoms with E-state index in [4.69, 9.17) is 4.74 Å². The van der Waals surface area contributed by atoms with E-state index in [-0.39, 0.29) is 0 Å². The summed E-state index contributed by atoms with van der Waals surface area (Å²) in [7, 11) is 0. The van der Waals surface area contributed by atoms with Crippen molar-refractivity contribution >= 4 is 17.0 Å². The van der Waals surface area contributed by atoms with E-state index >= 15 is 0 Å². The highest BCUT2D eigenvalue weighted by Crippen LogP contribution is 2.34. The third-order valence-electron chi connectivity index (χ3n) is 3.37. The smallest absolute Gasteiger partial charge is 0.360 e. The molecule has 0 fully saturated rings. The van der Waals surface area contributed by atoms with Crippen LogP contribution in [0.25, 0.3) is 11.0 Å². The number of nitrogens with zero attached hydrogens (tertiary/aromatic N) is 2. The highest BCUT2D eigenvalue weighted by molar-refractivity contribution is 5.94. The molecule has 1 aliphatic heterocycles. The maximum absolute atomic E-state index is 12.0. The van der Waals surface area contributed by atoms with Crippen LogP contribution in [0.3, 0.4) is 0 Å². The number of aromatic nitrogens is 2. The van der Waals surface area contributed by atoms with Crippen LogP contribution in [0.2, 0.25) is 0 Å². The molecule has 96 valence electrons. The Kier molecular flexibility index (Phi) is 2.29. The van der Waals surface area contributed by atoms with E-state index in [0.29, 0.717) is 16.9 Å². The average Bonchev–Trinajstić information content (AvgIpc) is 2.83. The Morgan fingerprint density at radius 2 is 1.50 bits per heavy atom. The number of esters is 1. The number of hydrogen-bond acceptors (Lipinski definition) is 4. The Balaban J connectivity index is 1.94. The first-order valence-electron chi connectivity index (χ1n) is 6.35. The maximum Gasteiger partial charge on any atom is 0.360 e. The molecule has 0 saturated heterocycles. The van der Waals surface area contributed by atoms with Crippen LogP contribution in [-0.2, 0) is 4.74 Å². The summed E-state index contributed by atoms with van der Waals surface area (Å²) in [6.07, 6.45) is -0.462. The predicted molar refractivity (Wildman–Crippen MR) is 73.2 cm³/mol. The normalized spacial score (nSPS) is 17.0. The van der Waals surface area contributed by atoms with E-state index < -0.39 is 12.1 Å². The lowest BCUT2D eigenvalue weighted by Gasteiger charge is -2.09. The van der Waals surface area contributed by atoms with Crippen LogP contribution in [0.15, 0.2) is 54.6 Å². The molecule has 0 saturated carbocycles. The van der Waals surface area contributed by atoms with Gasteiger partial charge in [-0.1, -0.05) is 42.5 Å². The minimum absolute atomic E-state index is 0.317. The van der Waals surface area contributed by atoms with Crippen LogP contribution in [-0.4, -0.2) is 15.9 Å². The van der Waals surface area contributed by atoms with Gasteiger partial charge in [0.2, 0.25) is 0 Å². The summed E-state index contributed by atoms with van der Waals surface area (Å²) in [5.74, 6) is -0.410. The molecule has 2 aromatic carbocycles. The van der Waals surface area contributed by atoms with Gasteiger partial charge in [-0.25, -0.2) is 14.8 Å².